The standard InChI is InChI=1S/C16H14O4/c1-19-13-9-5-6-10-14(13)20-15(11-16(17)18)12-7-3-2-4-8-12/h2-11H,1H3,(H,17,18)/b15-11-. The summed E-state index contributed by atoms with van der Waals surface area (Å²) >= 11 is 0. The summed E-state index contributed by atoms with van der Waals surface area (Å²) < 4.78 is 10.9. The van der Waals surface area contributed by atoms with Gasteiger partial charge in [0.15, 0.2) is 11.5 Å². The number of carboxylic acids is 1. The Morgan fingerprint density at radius 1 is 1.00 bits per heavy atom. The number of para-hydroxylation sites is 2. The van der Waals surface area contributed by atoms with Crippen molar-refractivity contribution in [1.82, 2.24) is 0 Å². The minimum atomic E-state index is -1.07. The van der Waals surface area contributed by atoms with Crippen LogP contribution in [0.5, 0.6) is 11.5 Å². The molecule has 0 spiro atoms. The fourth-order valence-electron chi connectivity index (χ4n) is 1.71. The van der Waals surface area contributed by atoms with Gasteiger partial charge in [0.2, 0.25) is 0 Å². The van der Waals surface area contributed by atoms with Crippen LogP contribution in [0.25, 0.3) is 5.76 Å². The predicted octanol–water partition coefficient (Wildman–Crippen LogP) is 3.20. The molecule has 0 aliphatic carbocycles. The van der Waals surface area contributed by atoms with E-state index in [4.69, 9.17) is 14.6 Å². The SMILES string of the molecule is COc1ccccc1O/C(=C\C(=O)O)c1ccccc1. The van der Waals surface area contributed by atoms with Gasteiger partial charge in [-0.2, -0.15) is 0 Å². The Kier molecular flexibility index (Phi) is 4.39. The summed E-state index contributed by atoms with van der Waals surface area (Å²) in [6.07, 6.45) is 1.03. The number of carboxylic acid groups (broad SMARTS) is 1. The number of carbonyl (C=O) groups is 1. The van der Waals surface area contributed by atoms with E-state index in [0.29, 0.717) is 17.1 Å². The predicted molar refractivity (Wildman–Crippen MR) is 75.7 cm³/mol. The molecule has 0 atom stereocenters. The molecule has 0 saturated heterocycles. The first-order valence-corrected chi connectivity index (χ1v) is 6.01. The molecule has 0 aliphatic heterocycles. The van der Waals surface area contributed by atoms with Gasteiger partial charge in [-0.15, -0.1) is 0 Å². The van der Waals surface area contributed by atoms with Crippen molar-refractivity contribution in [1.29, 1.82) is 0 Å². The van der Waals surface area contributed by atoms with E-state index in [-0.39, 0.29) is 5.76 Å². The van der Waals surface area contributed by atoms with E-state index in [9.17, 15) is 4.79 Å². The molecular formula is C16H14O4. The molecule has 0 bridgehead atoms. The van der Waals surface area contributed by atoms with Crippen molar-refractivity contribution in [2.75, 3.05) is 7.11 Å². The summed E-state index contributed by atoms with van der Waals surface area (Å²) in [5.74, 6) is 0.187. The molecule has 20 heavy (non-hydrogen) atoms. The maximum absolute atomic E-state index is 10.9. The molecule has 0 saturated carbocycles. The van der Waals surface area contributed by atoms with E-state index in [1.165, 1.54) is 7.11 Å². The van der Waals surface area contributed by atoms with Crippen LogP contribution < -0.4 is 9.47 Å². The highest BCUT2D eigenvalue weighted by Crippen LogP contribution is 2.30. The molecule has 1 N–H and O–H groups in total. The van der Waals surface area contributed by atoms with Crippen molar-refractivity contribution < 1.29 is 19.4 Å². The van der Waals surface area contributed by atoms with Gasteiger partial charge in [-0.1, -0.05) is 42.5 Å². The molecule has 2 aromatic carbocycles. The first-order chi connectivity index (χ1) is 9.70. The minimum Gasteiger partial charge on any atom is -0.493 e. The van der Waals surface area contributed by atoms with Crippen molar-refractivity contribution in [3.63, 3.8) is 0 Å². The second kappa shape index (κ2) is 6.43. The Labute approximate surface area is 116 Å². The number of benzene rings is 2. The summed E-state index contributed by atoms with van der Waals surface area (Å²) in [5, 5.41) is 8.96. The molecular weight excluding hydrogens is 256 g/mol. The van der Waals surface area contributed by atoms with Crippen LogP contribution in [0.1, 0.15) is 5.56 Å². The van der Waals surface area contributed by atoms with Gasteiger partial charge in [-0.05, 0) is 12.1 Å². The van der Waals surface area contributed by atoms with Crippen LogP contribution in [0.3, 0.4) is 0 Å². The van der Waals surface area contributed by atoms with Gasteiger partial charge in [-0.25, -0.2) is 4.79 Å². The van der Waals surface area contributed by atoms with Crippen molar-refractivity contribution in [2.45, 2.75) is 0 Å². The van der Waals surface area contributed by atoms with Crippen LogP contribution in [0.2, 0.25) is 0 Å². The molecule has 4 heteroatoms. The second-order valence-electron chi connectivity index (χ2n) is 3.97. The number of methoxy groups -OCH3 is 1. The number of hydrogen-bond donors (Lipinski definition) is 1. The lowest BCUT2D eigenvalue weighted by Gasteiger charge is -2.12. The van der Waals surface area contributed by atoms with E-state index in [2.05, 4.69) is 0 Å². The summed E-state index contributed by atoms with van der Waals surface area (Å²) in [4.78, 5) is 10.9. The Morgan fingerprint density at radius 3 is 2.20 bits per heavy atom. The lowest BCUT2D eigenvalue weighted by Crippen LogP contribution is -2.00. The summed E-state index contributed by atoms with van der Waals surface area (Å²) in [6, 6.07) is 16.1. The van der Waals surface area contributed by atoms with Crippen LogP contribution >= 0.6 is 0 Å². The fraction of sp³-hybridized carbons (Fsp3) is 0.0625. The molecule has 0 radical (unpaired) electrons. The molecule has 0 aromatic heterocycles. The second-order valence-corrected chi connectivity index (χ2v) is 3.97. The van der Waals surface area contributed by atoms with E-state index >= 15 is 0 Å². The van der Waals surface area contributed by atoms with Crippen LogP contribution in [-0.2, 0) is 4.79 Å². The highest BCUT2D eigenvalue weighted by Gasteiger charge is 2.10. The normalized spacial score (nSPS) is 10.9. The van der Waals surface area contributed by atoms with E-state index in [0.717, 1.165) is 6.08 Å². The molecule has 0 amide bonds. The van der Waals surface area contributed by atoms with Crippen LogP contribution in [0, 0.1) is 0 Å². The first kappa shape index (κ1) is 13.7. The Morgan fingerprint density at radius 2 is 1.60 bits per heavy atom. The van der Waals surface area contributed by atoms with Gasteiger partial charge in [0.1, 0.15) is 5.76 Å². The maximum atomic E-state index is 10.9. The number of ether oxygens (including phenoxy) is 2. The number of aliphatic carboxylic acids is 1. The monoisotopic (exact) mass is 270 g/mol. The number of hydrogen-bond acceptors (Lipinski definition) is 3. The third-order valence-electron chi connectivity index (χ3n) is 2.60. The quantitative estimate of drug-likeness (QED) is 0.669. The fourth-order valence-corrected chi connectivity index (χ4v) is 1.71. The van der Waals surface area contributed by atoms with Crippen molar-refractivity contribution in [2.24, 2.45) is 0 Å². The number of rotatable bonds is 5. The maximum Gasteiger partial charge on any atom is 0.332 e. The highest BCUT2D eigenvalue weighted by molar-refractivity contribution is 5.88. The molecule has 2 rings (SSSR count). The average molecular weight is 270 g/mol. The Bertz CT molecular complexity index is 617. The molecule has 2 aromatic rings. The van der Waals surface area contributed by atoms with Gasteiger partial charge < -0.3 is 14.6 Å². The molecule has 0 unspecified atom stereocenters. The van der Waals surface area contributed by atoms with Gasteiger partial charge in [0.05, 0.1) is 13.2 Å². The third kappa shape index (κ3) is 3.38. The zero-order chi connectivity index (χ0) is 14.4. The average Bonchev–Trinajstić information content (AvgIpc) is 2.47. The minimum absolute atomic E-state index is 0.252. The van der Waals surface area contributed by atoms with Crippen LogP contribution in [0.4, 0.5) is 0 Å². The largest absolute Gasteiger partial charge is 0.493 e. The molecule has 0 heterocycles. The first-order valence-electron chi connectivity index (χ1n) is 6.01. The van der Waals surface area contributed by atoms with E-state index < -0.39 is 5.97 Å². The van der Waals surface area contributed by atoms with Crippen molar-refractivity contribution in [3.05, 3.63) is 66.2 Å². The molecule has 0 aliphatic rings. The van der Waals surface area contributed by atoms with Gasteiger partial charge >= 0.3 is 5.97 Å². The highest BCUT2D eigenvalue weighted by atomic mass is 16.5. The van der Waals surface area contributed by atoms with Gasteiger partial charge in [0.25, 0.3) is 0 Å². The zero-order valence-electron chi connectivity index (χ0n) is 10.9. The molecule has 4 nitrogen and oxygen atoms in total. The Hall–Kier alpha value is -2.75. The smallest absolute Gasteiger partial charge is 0.332 e. The molecule has 102 valence electrons. The van der Waals surface area contributed by atoms with Crippen LogP contribution in [-0.4, -0.2) is 18.2 Å². The van der Waals surface area contributed by atoms with Gasteiger partial charge in [0, 0.05) is 5.56 Å². The summed E-state index contributed by atoms with van der Waals surface area (Å²) in [7, 11) is 1.53. The van der Waals surface area contributed by atoms with Crippen molar-refractivity contribution >= 4 is 11.7 Å². The van der Waals surface area contributed by atoms with Gasteiger partial charge in [-0.3, -0.25) is 0 Å². The lowest BCUT2D eigenvalue weighted by atomic mass is 10.2. The summed E-state index contributed by atoms with van der Waals surface area (Å²) in [6.45, 7) is 0. The molecule has 0 fully saturated rings. The van der Waals surface area contributed by atoms with Crippen molar-refractivity contribution in [3.8, 4) is 11.5 Å². The van der Waals surface area contributed by atoms with E-state index in [1.54, 1.807) is 30.3 Å². The van der Waals surface area contributed by atoms with Crippen LogP contribution in [0.15, 0.2) is 60.7 Å². The lowest BCUT2D eigenvalue weighted by molar-refractivity contribution is -0.131. The zero-order valence-corrected chi connectivity index (χ0v) is 10.9. The third-order valence-corrected chi connectivity index (χ3v) is 2.60. The topological polar surface area (TPSA) is 55.8 Å². The van der Waals surface area contributed by atoms with E-state index in [1.807, 2.05) is 24.3 Å². The summed E-state index contributed by atoms with van der Waals surface area (Å²) in [5.41, 5.74) is 0.681. The Balaban J connectivity index is 2.37.